The molecule has 2 heterocycles. The molecule has 2 aromatic heterocycles. The van der Waals surface area contributed by atoms with Crippen molar-refractivity contribution in [2.45, 2.75) is 26.8 Å². The Kier molecular flexibility index (Phi) is 5.55. The lowest BCUT2D eigenvalue weighted by Crippen LogP contribution is -2.24. The third kappa shape index (κ3) is 4.49. The molecule has 0 aliphatic carbocycles. The number of amides is 1. The number of benzene rings is 1. The van der Waals surface area contributed by atoms with Gasteiger partial charge in [0.1, 0.15) is 11.5 Å². The molecule has 0 spiro atoms. The topological polar surface area (TPSA) is 54.9 Å². The zero-order chi connectivity index (χ0) is 17.8. The van der Waals surface area contributed by atoms with Gasteiger partial charge in [-0.15, -0.1) is 22.7 Å². The largest absolute Gasteiger partial charge is 0.347 e. The number of thiazole rings is 2. The van der Waals surface area contributed by atoms with E-state index in [1.54, 1.807) is 18.3 Å². The van der Waals surface area contributed by atoms with Crippen molar-refractivity contribution in [3.63, 3.8) is 0 Å². The van der Waals surface area contributed by atoms with Crippen LogP contribution >= 0.6 is 22.7 Å². The Hall–Kier alpha value is -2.12. The number of hydrogen-bond acceptors (Lipinski definition) is 5. The van der Waals surface area contributed by atoms with Crippen molar-refractivity contribution in [2.24, 2.45) is 5.92 Å². The molecule has 3 aromatic rings. The fraction of sp³-hybridized carbons (Fsp3) is 0.278. The minimum atomic E-state index is -0.290. The van der Waals surface area contributed by atoms with E-state index < -0.39 is 0 Å². The summed E-state index contributed by atoms with van der Waals surface area (Å²) in [6, 6.07) is 6.09. The van der Waals surface area contributed by atoms with Crippen molar-refractivity contribution < 1.29 is 9.18 Å². The highest BCUT2D eigenvalue weighted by molar-refractivity contribution is 7.20. The summed E-state index contributed by atoms with van der Waals surface area (Å²) in [6.45, 7) is 4.57. The van der Waals surface area contributed by atoms with E-state index in [2.05, 4.69) is 29.1 Å². The molecule has 0 saturated carbocycles. The van der Waals surface area contributed by atoms with Crippen LogP contribution < -0.4 is 5.32 Å². The molecule has 1 amide bonds. The molecule has 0 radical (unpaired) electrons. The van der Waals surface area contributed by atoms with E-state index in [1.807, 2.05) is 5.38 Å². The summed E-state index contributed by atoms with van der Waals surface area (Å²) in [6.07, 6.45) is 2.53. The van der Waals surface area contributed by atoms with Crippen LogP contribution in [-0.4, -0.2) is 15.9 Å². The number of carbonyl (C=O) groups is 1. The van der Waals surface area contributed by atoms with Crippen LogP contribution in [-0.2, 0) is 13.0 Å². The molecule has 0 aliphatic rings. The standard InChI is InChI=1S/C18H18FN3OS2/c1-11(2)9-14-15(22-18(25-14)17-20-7-8-24-17)16(23)21-10-12-3-5-13(19)6-4-12/h3-8,11H,9-10H2,1-2H3,(H,21,23). The van der Waals surface area contributed by atoms with Gasteiger partial charge in [0.05, 0.1) is 0 Å². The number of aromatic nitrogens is 2. The van der Waals surface area contributed by atoms with E-state index in [4.69, 9.17) is 0 Å². The van der Waals surface area contributed by atoms with Crippen LogP contribution in [0.2, 0.25) is 0 Å². The summed E-state index contributed by atoms with van der Waals surface area (Å²) in [7, 11) is 0. The highest BCUT2D eigenvalue weighted by Gasteiger charge is 2.20. The second-order valence-electron chi connectivity index (χ2n) is 6.04. The molecule has 7 heteroatoms. The van der Waals surface area contributed by atoms with E-state index in [-0.39, 0.29) is 11.7 Å². The molecule has 0 aliphatic heterocycles. The maximum atomic E-state index is 13.0. The Morgan fingerprint density at radius 2 is 2.00 bits per heavy atom. The zero-order valence-corrected chi connectivity index (χ0v) is 15.6. The van der Waals surface area contributed by atoms with Gasteiger partial charge in [-0.05, 0) is 30.0 Å². The number of nitrogens with zero attached hydrogens (tertiary/aromatic N) is 2. The molecule has 0 unspecified atom stereocenters. The maximum Gasteiger partial charge on any atom is 0.271 e. The van der Waals surface area contributed by atoms with Crippen LogP contribution in [0.15, 0.2) is 35.8 Å². The first-order valence-electron chi connectivity index (χ1n) is 7.95. The first kappa shape index (κ1) is 17.7. The summed E-state index contributed by atoms with van der Waals surface area (Å²) in [5, 5.41) is 6.37. The van der Waals surface area contributed by atoms with Gasteiger partial charge in [-0.2, -0.15) is 0 Å². The predicted molar refractivity (Wildman–Crippen MR) is 99.3 cm³/mol. The Bertz CT molecular complexity index is 842. The molecule has 0 atom stereocenters. The summed E-state index contributed by atoms with van der Waals surface area (Å²) < 4.78 is 13.0. The molecule has 25 heavy (non-hydrogen) atoms. The van der Waals surface area contributed by atoms with Crippen molar-refractivity contribution in [2.75, 3.05) is 0 Å². The van der Waals surface area contributed by atoms with Crippen LogP contribution in [0, 0.1) is 11.7 Å². The minimum absolute atomic E-state index is 0.209. The summed E-state index contributed by atoms with van der Waals surface area (Å²) in [5.74, 6) is -0.0749. The molecule has 0 bridgehead atoms. The van der Waals surface area contributed by atoms with Gasteiger partial charge in [-0.1, -0.05) is 26.0 Å². The molecule has 0 fully saturated rings. The van der Waals surface area contributed by atoms with Crippen LogP contribution in [0.5, 0.6) is 0 Å². The van der Waals surface area contributed by atoms with Crippen molar-refractivity contribution in [3.05, 3.63) is 57.8 Å². The molecular formula is C18H18FN3OS2. The van der Waals surface area contributed by atoms with Gasteiger partial charge in [0.2, 0.25) is 0 Å². The first-order valence-corrected chi connectivity index (χ1v) is 9.64. The summed E-state index contributed by atoms with van der Waals surface area (Å²) in [5.41, 5.74) is 1.31. The van der Waals surface area contributed by atoms with Crippen molar-refractivity contribution in [3.8, 4) is 10.0 Å². The number of rotatable bonds is 6. The first-order chi connectivity index (χ1) is 12.0. The lowest BCUT2D eigenvalue weighted by molar-refractivity contribution is 0.0945. The fourth-order valence-electron chi connectivity index (χ4n) is 2.33. The lowest BCUT2D eigenvalue weighted by atomic mass is 10.1. The van der Waals surface area contributed by atoms with Gasteiger partial charge < -0.3 is 5.32 Å². The molecular weight excluding hydrogens is 357 g/mol. The van der Waals surface area contributed by atoms with E-state index in [0.717, 1.165) is 26.9 Å². The smallest absolute Gasteiger partial charge is 0.271 e. The van der Waals surface area contributed by atoms with Gasteiger partial charge in [-0.25, -0.2) is 14.4 Å². The Labute approximate surface area is 153 Å². The second-order valence-corrected chi connectivity index (χ2v) is 8.01. The Morgan fingerprint density at radius 1 is 1.24 bits per heavy atom. The van der Waals surface area contributed by atoms with E-state index in [9.17, 15) is 9.18 Å². The summed E-state index contributed by atoms with van der Waals surface area (Å²) >= 11 is 3.03. The van der Waals surface area contributed by atoms with Crippen LogP contribution in [0.3, 0.4) is 0 Å². The van der Waals surface area contributed by atoms with E-state index in [0.29, 0.717) is 18.2 Å². The number of nitrogens with one attached hydrogen (secondary N) is 1. The van der Waals surface area contributed by atoms with Gasteiger partial charge in [0.25, 0.3) is 5.91 Å². The van der Waals surface area contributed by atoms with Gasteiger partial charge in [-0.3, -0.25) is 4.79 Å². The average Bonchev–Trinajstić information content (AvgIpc) is 3.23. The second kappa shape index (κ2) is 7.84. The minimum Gasteiger partial charge on any atom is -0.347 e. The Balaban J connectivity index is 1.78. The third-order valence-corrected chi connectivity index (χ3v) is 5.48. The molecule has 1 aromatic carbocycles. The maximum absolute atomic E-state index is 13.0. The highest BCUT2D eigenvalue weighted by Crippen LogP contribution is 2.31. The van der Waals surface area contributed by atoms with Gasteiger partial charge >= 0.3 is 0 Å². The van der Waals surface area contributed by atoms with Crippen LogP contribution in [0.4, 0.5) is 4.39 Å². The number of hydrogen-bond donors (Lipinski definition) is 1. The van der Waals surface area contributed by atoms with E-state index in [1.165, 1.54) is 34.8 Å². The Morgan fingerprint density at radius 3 is 2.64 bits per heavy atom. The highest BCUT2D eigenvalue weighted by atomic mass is 32.1. The lowest BCUT2D eigenvalue weighted by Gasteiger charge is -2.07. The normalized spacial score (nSPS) is 11.0. The molecule has 3 rings (SSSR count). The zero-order valence-electron chi connectivity index (χ0n) is 14.0. The van der Waals surface area contributed by atoms with Crippen molar-refractivity contribution in [1.82, 2.24) is 15.3 Å². The van der Waals surface area contributed by atoms with Crippen molar-refractivity contribution in [1.29, 1.82) is 0 Å². The molecule has 0 saturated heterocycles. The quantitative estimate of drug-likeness (QED) is 0.688. The SMILES string of the molecule is CC(C)Cc1sc(-c2nccs2)nc1C(=O)NCc1ccc(F)cc1. The van der Waals surface area contributed by atoms with Crippen LogP contribution in [0.25, 0.3) is 10.0 Å². The third-order valence-electron chi connectivity index (χ3n) is 3.49. The summed E-state index contributed by atoms with van der Waals surface area (Å²) in [4.78, 5) is 22.4. The fourth-order valence-corrected chi connectivity index (χ4v) is 4.28. The average molecular weight is 375 g/mol. The molecule has 1 N–H and O–H groups in total. The van der Waals surface area contributed by atoms with Gasteiger partial charge in [0.15, 0.2) is 10.0 Å². The molecule has 4 nitrogen and oxygen atoms in total. The number of halogens is 1. The molecule has 130 valence electrons. The monoisotopic (exact) mass is 375 g/mol. The van der Waals surface area contributed by atoms with E-state index >= 15 is 0 Å². The van der Waals surface area contributed by atoms with Crippen molar-refractivity contribution >= 4 is 28.6 Å². The number of carbonyl (C=O) groups excluding carboxylic acids is 1. The van der Waals surface area contributed by atoms with Crippen LogP contribution in [0.1, 0.15) is 34.8 Å². The predicted octanol–water partition coefficient (Wildman–Crippen LogP) is 4.53. The van der Waals surface area contributed by atoms with Gasteiger partial charge in [0, 0.05) is 23.0 Å².